The van der Waals surface area contributed by atoms with Crippen molar-refractivity contribution in [2.24, 2.45) is 5.73 Å². The lowest BCUT2D eigenvalue weighted by molar-refractivity contribution is -0.116. The number of anilines is 1. The number of rotatable bonds is 3. The Bertz CT molecular complexity index is 324. The van der Waals surface area contributed by atoms with Gasteiger partial charge in [-0.15, -0.1) is 0 Å². The van der Waals surface area contributed by atoms with Crippen LogP contribution < -0.4 is 11.1 Å². The first-order valence-electron chi connectivity index (χ1n) is 3.82. The number of carbonyl (C=O) groups is 1. The van der Waals surface area contributed by atoms with Gasteiger partial charge in [0.25, 0.3) is 0 Å². The molecule has 0 saturated heterocycles. The van der Waals surface area contributed by atoms with E-state index in [0.717, 1.165) is 0 Å². The highest BCUT2D eigenvalue weighted by atomic mass is 35.5. The predicted molar refractivity (Wildman–Crippen MR) is 54.4 cm³/mol. The van der Waals surface area contributed by atoms with Crippen molar-refractivity contribution >= 4 is 35.1 Å². The summed E-state index contributed by atoms with van der Waals surface area (Å²) in [5, 5.41) is 2.76. The summed E-state index contributed by atoms with van der Waals surface area (Å²) in [6.45, 7) is 0.264. The lowest BCUT2D eigenvalue weighted by Gasteiger charge is -2.02. The topological polar surface area (TPSA) is 80.9 Å². The van der Waals surface area contributed by atoms with Crippen molar-refractivity contribution in [1.29, 1.82) is 0 Å². The van der Waals surface area contributed by atoms with Crippen LogP contribution in [0, 0.1) is 0 Å². The zero-order valence-electron chi connectivity index (χ0n) is 7.13. The maximum absolute atomic E-state index is 11.1. The molecule has 76 valence electrons. The van der Waals surface area contributed by atoms with Crippen molar-refractivity contribution in [2.45, 2.75) is 6.42 Å². The third kappa shape index (κ3) is 3.45. The molecule has 14 heavy (non-hydrogen) atoms. The maximum atomic E-state index is 11.1. The van der Waals surface area contributed by atoms with Crippen LogP contribution in [0.25, 0.3) is 0 Å². The van der Waals surface area contributed by atoms with Gasteiger partial charge in [0, 0.05) is 19.0 Å². The average molecular weight is 235 g/mol. The highest BCUT2D eigenvalue weighted by molar-refractivity contribution is 6.33. The van der Waals surface area contributed by atoms with Gasteiger partial charge in [0.05, 0.1) is 0 Å². The van der Waals surface area contributed by atoms with Gasteiger partial charge >= 0.3 is 0 Å². The van der Waals surface area contributed by atoms with Gasteiger partial charge in [-0.2, -0.15) is 0 Å². The highest BCUT2D eigenvalue weighted by Crippen LogP contribution is 2.13. The Labute approximate surface area is 90.6 Å². The van der Waals surface area contributed by atoms with Crippen LogP contribution >= 0.6 is 23.2 Å². The molecule has 0 unspecified atom stereocenters. The maximum Gasteiger partial charge on any atom is 0.232 e. The van der Waals surface area contributed by atoms with E-state index in [1.807, 2.05) is 0 Å². The number of hydrogen-bond donors (Lipinski definition) is 2. The van der Waals surface area contributed by atoms with Gasteiger partial charge in [0.15, 0.2) is 0 Å². The lowest BCUT2D eigenvalue weighted by Crippen LogP contribution is -2.17. The third-order valence-corrected chi connectivity index (χ3v) is 1.67. The molecule has 0 aliphatic rings. The van der Waals surface area contributed by atoms with Crippen molar-refractivity contribution in [3.63, 3.8) is 0 Å². The average Bonchev–Trinajstić information content (AvgIpc) is 2.01. The molecule has 0 fully saturated rings. The van der Waals surface area contributed by atoms with Gasteiger partial charge in [0.2, 0.25) is 11.9 Å². The van der Waals surface area contributed by atoms with Crippen molar-refractivity contribution in [1.82, 2.24) is 9.97 Å². The molecular formula is C7H8Cl2N4O. The quantitative estimate of drug-likeness (QED) is 0.768. The van der Waals surface area contributed by atoms with Crippen LogP contribution in [0.4, 0.5) is 5.95 Å². The molecule has 1 aromatic rings. The van der Waals surface area contributed by atoms with Crippen LogP contribution in [0.5, 0.6) is 0 Å². The minimum Gasteiger partial charge on any atom is -0.330 e. The standard InChI is InChI=1S/C7H8Cl2N4O/c8-4-3-5(9)12-7(11-4)13-6(14)1-2-10/h3H,1-2,10H2,(H,11,12,13,14). The van der Waals surface area contributed by atoms with Gasteiger partial charge in [-0.05, 0) is 0 Å². The fourth-order valence-corrected chi connectivity index (χ4v) is 1.19. The Hall–Kier alpha value is -0.910. The van der Waals surface area contributed by atoms with E-state index in [4.69, 9.17) is 28.9 Å². The number of nitrogens with one attached hydrogen (secondary N) is 1. The molecule has 0 aromatic carbocycles. The van der Waals surface area contributed by atoms with Gasteiger partial charge < -0.3 is 5.73 Å². The summed E-state index contributed by atoms with van der Waals surface area (Å²) in [7, 11) is 0. The molecule has 0 radical (unpaired) electrons. The Morgan fingerprint density at radius 3 is 2.50 bits per heavy atom. The molecular weight excluding hydrogens is 227 g/mol. The Morgan fingerprint density at radius 2 is 2.00 bits per heavy atom. The van der Waals surface area contributed by atoms with Crippen molar-refractivity contribution < 1.29 is 4.79 Å². The van der Waals surface area contributed by atoms with Gasteiger partial charge in [0.1, 0.15) is 10.3 Å². The van der Waals surface area contributed by atoms with E-state index in [0.29, 0.717) is 0 Å². The molecule has 3 N–H and O–H groups in total. The van der Waals surface area contributed by atoms with E-state index < -0.39 is 0 Å². The molecule has 1 aromatic heterocycles. The molecule has 0 aliphatic heterocycles. The van der Waals surface area contributed by atoms with Crippen LogP contribution in [-0.2, 0) is 4.79 Å². The first kappa shape index (κ1) is 11.2. The summed E-state index contributed by atoms with van der Waals surface area (Å²) in [6, 6.07) is 1.38. The smallest absolute Gasteiger partial charge is 0.232 e. The van der Waals surface area contributed by atoms with Crippen molar-refractivity contribution in [3.05, 3.63) is 16.4 Å². The largest absolute Gasteiger partial charge is 0.330 e. The molecule has 0 bridgehead atoms. The normalized spacial score (nSPS) is 9.93. The Morgan fingerprint density at radius 1 is 1.43 bits per heavy atom. The van der Waals surface area contributed by atoms with E-state index in [1.54, 1.807) is 0 Å². The predicted octanol–water partition coefficient (Wildman–Crippen LogP) is 1.07. The Balaban J connectivity index is 2.71. The van der Waals surface area contributed by atoms with E-state index in [1.165, 1.54) is 6.07 Å². The summed E-state index contributed by atoms with van der Waals surface area (Å²) < 4.78 is 0. The Kier molecular flexibility index (Phi) is 4.06. The van der Waals surface area contributed by atoms with Crippen molar-refractivity contribution in [3.8, 4) is 0 Å². The molecule has 1 rings (SSSR count). The number of hydrogen-bond acceptors (Lipinski definition) is 4. The number of nitrogens with two attached hydrogens (primary N) is 1. The fourth-order valence-electron chi connectivity index (χ4n) is 0.764. The van der Waals surface area contributed by atoms with E-state index in [9.17, 15) is 4.79 Å². The second-order valence-electron chi connectivity index (χ2n) is 2.42. The van der Waals surface area contributed by atoms with Gasteiger partial charge in [-0.1, -0.05) is 23.2 Å². The van der Waals surface area contributed by atoms with E-state index in [2.05, 4.69) is 15.3 Å². The molecule has 0 atom stereocenters. The van der Waals surface area contributed by atoms with Crippen LogP contribution in [0.3, 0.4) is 0 Å². The summed E-state index contributed by atoms with van der Waals surface area (Å²) in [6.07, 6.45) is 0.202. The number of halogens is 2. The number of nitrogens with zero attached hydrogens (tertiary/aromatic N) is 2. The van der Waals surface area contributed by atoms with Gasteiger partial charge in [-0.25, -0.2) is 9.97 Å². The molecule has 1 heterocycles. The first-order valence-corrected chi connectivity index (χ1v) is 4.57. The summed E-state index contributed by atoms with van der Waals surface area (Å²) in [5.74, 6) is -0.188. The van der Waals surface area contributed by atoms with E-state index in [-0.39, 0.29) is 35.1 Å². The molecule has 1 amide bonds. The second-order valence-corrected chi connectivity index (χ2v) is 3.20. The SMILES string of the molecule is NCCC(=O)Nc1nc(Cl)cc(Cl)n1. The summed E-state index contributed by atoms with van der Waals surface area (Å²) in [4.78, 5) is 18.6. The minimum absolute atomic E-state index is 0.0842. The fraction of sp³-hybridized carbons (Fsp3) is 0.286. The second kappa shape index (κ2) is 5.09. The summed E-state index contributed by atoms with van der Waals surface area (Å²) >= 11 is 11.2. The summed E-state index contributed by atoms with van der Waals surface area (Å²) in [5.41, 5.74) is 5.19. The monoisotopic (exact) mass is 234 g/mol. The number of carbonyl (C=O) groups excluding carboxylic acids is 1. The van der Waals surface area contributed by atoms with Crippen molar-refractivity contribution in [2.75, 3.05) is 11.9 Å². The highest BCUT2D eigenvalue weighted by Gasteiger charge is 2.05. The molecule has 7 heteroatoms. The molecule has 0 spiro atoms. The first-order chi connectivity index (χ1) is 6.61. The lowest BCUT2D eigenvalue weighted by atomic mass is 10.4. The zero-order chi connectivity index (χ0) is 10.6. The number of amides is 1. The zero-order valence-corrected chi connectivity index (χ0v) is 8.64. The number of aromatic nitrogens is 2. The van der Waals surface area contributed by atoms with Gasteiger partial charge in [-0.3, -0.25) is 10.1 Å². The van der Waals surface area contributed by atoms with Crippen LogP contribution in [-0.4, -0.2) is 22.4 Å². The van der Waals surface area contributed by atoms with Crippen LogP contribution in [0.2, 0.25) is 10.3 Å². The van der Waals surface area contributed by atoms with E-state index >= 15 is 0 Å². The molecule has 5 nitrogen and oxygen atoms in total. The van der Waals surface area contributed by atoms with Crippen LogP contribution in [0.15, 0.2) is 6.07 Å². The van der Waals surface area contributed by atoms with Crippen LogP contribution in [0.1, 0.15) is 6.42 Å². The molecule has 0 saturated carbocycles. The molecule has 0 aliphatic carbocycles. The third-order valence-electron chi connectivity index (χ3n) is 1.29. The minimum atomic E-state index is -0.272.